The van der Waals surface area contributed by atoms with Gasteiger partial charge in [0.1, 0.15) is 5.58 Å². The van der Waals surface area contributed by atoms with E-state index in [-0.39, 0.29) is 0 Å². The number of rotatable bonds is 3. The molecule has 0 aliphatic carbocycles. The summed E-state index contributed by atoms with van der Waals surface area (Å²) in [4.78, 5) is 2.20. The Labute approximate surface area is 187 Å². The first-order valence-electron chi connectivity index (χ1n) is 10.9. The Bertz CT molecular complexity index is 1590. The predicted octanol–water partition coefficient (Wildman–Crippen LogP) is 8.48. The van der Waals surface area contributed by atoms with Gasteiger partial charge in [-0.15, -0.1) is 0 Å². The molecule has 6 rings (SSSR count). The molecule has 0 spiro atoms. The first-order chi connectivity index (χ1) is 15.7. The number of aryl methyl sites for hydroxylation is 1. The maximum atomic E-state index is 6.40. The fourth-order valence-corrected chi connectivity index (χ4v) is 4.63. The van der Waals surface area contributed by atoms with E-state index in [1.165, 1.54) is 27.5 Å². The van der Waals surface area contributed by atoms with Crippen LogP contribution in [0.15, 0.2) is 108 Å². The summed E-state index contributed by atoms with van der Waals surface area (Å²) in [6, 6.07) is 36.4. The molecule has 1 heterocycles. The molecule has 0 aliphatic rings. The molecule has 2 nitrogen and oxygen atoms in total. The molecule has 0 amide bonds. The summed E-state index contributed by atoms with van der Waals surface area (Å²) in [5.74, 6) is 0. The minimum Gasteiger partial charge on any atom is -0.454 e. The second kappa shape index (κ2) is 7.28. The van der Waals surface area contributed by atoms with Crippen LogP contribution in [-0.2, 0) is 0 Å². The zero-order valence-electron chi connectivity index (χ0n) is 18.2. The van der Waals surface area contributed by atoms with E-state index in [1.54, 1.807) is 0 Å². The Morgan fingerprint density at radius 2 is 1.38 bits per heavy atom. The van der Waals surface area contributed by atoms with Gasteiger partial charge in [0.15, 0.2) is 5.58 Å². The quantitative estimate of drug-likeness (QED) is 0.289. The van der Waals surface area contributed by atoms with Gasteiger partial charge >= 0.3 is 0 Å². The van der Waals surface area contributed by atoms with Crippen LogP contribution in [-0.4, -0.2) is 7.05 Å². The van der Waals surface area contributed by atoms with Crippen molar-refractivity contribution in [2.24, 2.45) is 0 Å². The lowest BCUT2D eigenvalue weighted by Crippen LogP contribution is -2.09. The fraction of sp³-hybridized carbons (Fsp3) is 0.0667. The predicted molar refractivity (Wildman–Crippen MR) is 136 cm³/mol. The zero-order chi connectivity index (χ0) is 21.7. The number of hydrogen-bond acceptors (Lipinski definition) is 2. The highest BCUT2D eigenvalue weighted by atomic mass is 16.3. The van der Waals surface area contributed by atoms with E-state index in [2.05, 4.69) is 122 Å². The first-order valence-corrected chi connectivity index (χ1v) is 10.9. The van der Waals surface area contributed by atoms with Crippen molar-refractivity contribution in [3.63, 3.8) is 0 Å². The highest BCUT2D eigenvalue weighted by Gasteiger charge is 2.15. The minimum absolute atomic E-state index is 0.920. The van der Waals surface area contributed by atoms with Crippen molar-refractivity contribution in [2.45, 2.75) is 6.92 Å². The van der Waals surface area contributed by atoms with E-state index in [1.807, 2.05) is 0 Å². The lowest BCUT2D eigenvalue weighted by atomic mass is 10.0. The van der Waals surface area contributed by atoms with Crippen LogP contribution in [0.5, 0.6) is 0 Å². The maximum Gasteiger partial charge on any atom is 0.159 e. The van der Waals surface area contributed by atoms with E-state index < -0.39 is 0 Å². The summed E-state index contributed by atoms with van der Waals surface area (Å²) >= 11 is 0. The smallest absolute Gasteiger partial charge is 0.159 e. The van der Waals surface area contributed by atoms with E-state index in [0.717, 1.165) is 33.3 Å². The van der Waals surface area contributed by atoms with Gasteiger partial charge in [0, 0.05) is 23.5 Å². The molecule has 0 atom stereocenters. The Hall–Kier alpha value is -4.04. The van der Waals surface area contributed by atoms with Gasteiger partial charge in [-0.25, -0.2) is 0 Å². The van der Waals surface area contributed by atoms with E-state index in [9.17, 15) is 0 Å². The number of para-hydroxylation sites is 1. The highest BCUT2D eigenvalue weighted by molar-refractivity contribution is 6.13. The van der Waals surface area contributed by atoms with Crippen LogP contribution in [0.2, 0.25) is 0 Å². The van der Waals surface area contributed by atoms with Crippen LogP contribution in [0, 0.1) is 6.92 Å². The maximum absolute atomic E-state index is 6.40. The van der Waals surface area contributed by atoms with Crippen molar-refractivity contribution in [2.75, 3.05) is 11.9 Å². The van der Waals surface area contributed by atoms with Crippen molar-refractivity contribution in [3.05, 3.63) is 109 Å². The second-order valence-corrected chi connectivity index (χ2v) is 8.37. The van der Waals surface area contributed by atoms with Crippen molar-refractivity contribution in [1.82, 2.24) is 0 Å². The van der Waals surface area contributed by atoms with Crippen molar-refractivity contribution >= 4 is 44.1 Å². The largest absolute Gasteiger partial charge is 0.454 e. The van der Waals surface area contributed by atoms with Gasteiger partial charge in [0.2, 0.25) is 0 Å². The standard InChI is InChI=1S/C30H23NO/c1-20-8-3-6-11-25(20)21-14-16-24(17-15-21)31(2)28-13-7-12-26-27-18-22-9-4-5-10-23(22)19-29(27)32-30(26)28/h3-19H,1-2H3. The van der Waals surface area contributed by atoms with Crippen LogP contribution < -0.4 is 4.90 Å². The number of fused-ring (bicyclic) bond motifs is 4. The number of furan rings is 1. The molecule has 0 aliphatic heterocycles. The third-order valence-electron chi connectivity index (χ3n) is 6.42. The number of hydrogen-bond donors (Lipinski definition) is 0. The van der Waals surface area contributed by atoms with E-state index in [4.69, 9.17) is 4.42 Å². The molecule has 0 fully saturated rings. The van der Waals surface area contributed by atoms with Crippen molar-refractivity contribution in [3.8, 4) is 11.1 Å². The average molecular weight is 414 g/mol. The number of anilines is 2. The molecule has 1 aromatic heterocycles. The van der Waals surface area contributed by atoms with Gasteiger partial charge in [-0.2, -0.15) is 0 Å². The zero-order valence-corrected chi connectivity index (χ0v) is 18.2. The molecule has 2 heteroatoms. The summed E-state index contributed by atoms with van der Waals surface area (Å²) in [6.07, 6.45) is 0. The van der Waals surface area contributed by atoms with Gasteiger partial charge in [-0.1, -0.05) is 72.8 Å². The highest BCUT2D eigenvalue weighted by Crippen LogP contribution is 2.39. The Kier molecular flexibility index (Phi) is 4.26. The molecule has 154 valence electrons. The van der Waals surface area contributed by atoms with Crippen LogP contribution in [0.4, 0.5) is 11.4 Å². The summed E-state index contributed by atoms with van der Waals surface area (Å²) in [7, 11) is 2.10. The van der Waals surface area contributed by atoms with Gasteiger partial charge < -0.3 is 9.32 Å². The number of benzene rings is 5. The first kappa shape index (κ1) is 18.7. The van der Waals surface area contributed by atoms with E-state index >= 15 is 0 Å². The number of nitrogens with zero attached hydrogens (tertiary/aromatic N) is 1. The van der Waals surface area contributed by atoms with Crippen LogP contribution in [0.1, 0.15) is 5.56 Å². The monoisotopic (exact) mass is 413 g/mol. The van der Waals surface area contributed by atoms with Gasteiger partial charge in [-0.05, 0) is 64.7 Å². The minimum atomic E-state index is 0.920. The Morgan fingerprint density at radius 3 is 2.16 bits per heavy atom. The Morgan fingerprint density at radius 1 is 0.656 bits per heavy atom. The second-order valence-electron chi connectivity index (χ2n) is 8.37. The van der Waals surface area contributed by atoms with Gasteiger partial charge in [0.05, 0.1) is 5.69 Å². The summed E-state index contributed by atoms with van der Waals surface area (Å²) in [5, 5.41) is 4.73. The van der Waals surface area contributed by atoms with Crippen molar-refractivity contribution in [1.29, 1.82) is 0 Å². The SMILES string of the molecule is Cc1ccccc1-c1ccc(N(C)c2cccc3c2oc2cc4ccccc4cc23)cc1. The Balaban J connectivity index is 1.44. The summed E-state index contributed by atoms with van der Waals surface area (Å²) in [5.41, 5.74) is 7.82. The molecule has 0 saturated carbocycles. The van der Waals surface area contributed by atoms with Gasteiger partial charge in [-0.3, -0.25) is 0 Å². The normalized spacial score (nSPS) is 11.4. The molecule has 0 saturated heterocycles. The molecule has 6 aromatic rings. The van der Waals surface area contributed by atoms with Gasteiger partial charge in [0.25, 0.3) is 0 Å². The lowest BCUT2D eigenvalue weighted by molar-refractivity contribution is 0.669. The summed E-state index contributed by atoms with van der Waals surface area (Å²) in [6.45, 7) is 2.15. The molecule has 0 N–H and O–H groups in total. The molecule has 0 bridgehead atoms. The average Bonchev–Trinajstić information content (AvgIpc) is 3.20. The lowest BCUT2D eigenvalue weighted by Gasteiger charge is -2.20. The van der Waals surface area contributed by atoms with Crippen molar-refractivity contribution < 1.29 is 4.42 Å². The third-order valence-corrected chi connectivity index (χ3v) is 6.42. The van der Waals surface area contributed by atoms with Crippen LogP contribution in [0.25, 0.3) is 43.8 Å². The van der Waals surface area contributed by atoms with Crippen LogP contribution >= 0.6 is 0 Å². The molecule has 0 unspecified atom stereocenters. The van der Waals surface area contributed by atoms with E-state index in [0.29, 0.717) is 0 Å². The summed E-state index contributed by atoms with van der Waals surface area (Å²) < 4.78 is 6.40. The molecular formula is C30H23NO. The van der Waals surface area contributed by atoms with Crippen LogP contribution in [0.3, 0.4) is 0 Å². The molecular weight excluding hydrogens is 390 g/mol. The topological polar surface area (TPSA) is 16.4 Å². The third kappa shape index (κ3) is 2.96. The fourth-order valence-electron chi connectivity index (χ4n) is 4.63. The molecule has 32 heavy (non-hydrogen) atoms. The molecule has 5 aromatic carbocycles. The molecule has 0 radical (unpaired) electrons.